The second-order valence-electron chi connectivity index (χ2n) is 2.20. The topological polar surface area (TPSA) is 38.0 Å². The van der Waals surface area contributed by atoms with E-state index in [1.54, 1.807) is 0 Å². The maximum Gasteiger partial charge on any atom is 0.163 e. The highest BCUT2D eigenvalue weighted by atomic mass is 32.1. The summed E-state index contributed by atoms with van der Waals surface area (Å²) in [6.07, 6.45) is 2.29. The first kappa shape index (κ1) is 8.69. The van der Waals surface area contributed by atoms with Crippen LogP contribution >= 0.6 is 12.2 Å². The van der Waals surface area contributed by atoms with Crippen LogP contribution in [0.15, 0.2) is 0 Å². The Morgan fingerprint density at radius 3 is 2.67 bits per heavy atom. The summed E-state index contributed by atoms with van der Waals surface area (Å²) in [6, 6.07) is 0.424. The van der Waals surface area contributed by atoms with Gasteiger partial charge in [0.2, 0.25) is 0 Å². The highest BCUT2D eigenvalue weighted by Crippen LogP contribution is 1.92. The van der Waals surface area contributed by atoms with Crippen molar-refractivity contribution in [3.05, 3.63) is 0 Å². The van der Waals surface area contributed by atoms with Gasteiger partial charge >= 0.3 is 0 Å². The fraction of sp³-hybridized carbons (Fsp3) is 0.833. The van der Waals surface area contributed by atoms with Crippen LogP contribution < -0.4 is 11.1 Å². The van der Waals surface area contributed by atoms with E-state index in [1.165, 1.54) is 0 Å². The zero-order chi connectivity index (χ0) is 7.28. The standard InChI is InChI=1S/C6H14N2S/c1-3-4-5(2)8-6(7)9/h5H,3-4H2,1-2H3,(H3,7,8,9). The Morgan fingerprint density at radius 1 is 1.78 bits per heavy atom. The third kappa shape index (κ3) is 5.56. The van der Waals surface area contributed by atoms with Crippen LogP contribution in [0.1, 0.15) is 26.7 Å². The van der Waals surface area contributed by atoms with Gasteiger partial charge < -0.3 is 11.1 Å². The molecule has 0 heterocycles. The van der Waals surface area contributed by atoms with Gasteiger partial charge in [-0.1, -0.05) is 13.3 Å². The number of thiocarbonyl (C=S) groups is 1. The molecule has 0 rings (SSSR count). The fourth-order valence-electron chi connectivity index (χ4n) is 0.748. The van der Waals surface area contributed by atoms with Gasteiger partial charge in [-0.25, -0.2) is 0 Å². The molecule has 54 valence electrons. The molecule has 2 nitrogen and oxygen atoms in total. The molecular weight excluding hydrogens is 132 g/mol. The van der Waals surface area contributed by atoms with E-state index in [-0.39, 0.29) is 0 Å². The lowest BCUT2D eigenvalue weighted by Crippen LogP contribution is -2.36. The molecule has 0 aromatic rings. The van der Waals surface area contributed by atoms with Crippen LogP contribution in [-0.2, 0) is 0 Å². The van der Waals surface area contributed by atoms with Crippen molar-refractivity contribution in [3.8, 4) is 0 Å². The van der Waals surface area contributed by atoms with E-state index in [4.69, 9.17) is 5.73 Å². The molecule has 0 bridgehead atoms. The van der Waals surface area contributed by atoms with Crippen LogP contribution in [-0.4, -0.2) is 11.2 Å². The van der Waals surface area contributed by atoms with E-state index in [0.29, 0.717) is 11.2 Å². The largest absolute Gasteiger partial charge is 0.376 e. The van der Waals surface area contributed by atoms with Crippen molar-refractivity contribution in [2.24, 2.45) is 5.73 Å². The molecule has 0 aliphatic heterocycles. The van der Waals surface area contributed by atoms with Gasteiger partial charge in [-0.3, -0.25) is 0 Å². The van der Waals surface area contributed by atoms with Crippen LogP contribution in [0.3, 0.4) is 0 Å². The summed E-state index contributed by atoms with van der Waals surface area (Å²) >= 11 is 4.65. The van der Waals surface area contributed by atoms with Gasteiger partial charge in [-0.2, -0.15) is 0 Å². The first-order chi connectivity index (χ1) is 4.16. The minimum Gasteiger partial charge on any atom is -0.376 e. The van der Waals surface area contributed by atoms with Gasteiger partial charge in [0.1, 0.15) is 0 Å². The molecule has 9 heavy (non-hydrogen) atoms. The molecule has 1 unspecified atom stereocenters. The summed E-state index contributed by atoms with van der Waals surface area (Å²) < 4.78 is 0. The molecule has 0 aliphatic rings. The minimum absolute atomic E-state index is 0.399. The monoisotopic (exact) mass is 146 g/mol. The predicted octanol–water partition coefficient (Wildman–Crippen LogP) is 1.01. The van der Waals surface area contributed by atoms with Crippen molar-refractivity contribution in [1.82, 2.24) is 5.32 Å². The van der Waals surface area contributed by atoms with Crippen molar-refractivity contribution >= 4 is 17.3 Å². The van der Waals surface area contributed by atoms with Crippen molar-refractivity contribution in [1.29, 1.82) is 0 Å². The molecule has 0 saturated carbocycles. The third-order valence-corrected chi connectivity index (χ3v) is 1.23. The average molecular weight is 146 g/mol. The van der Waals surface area contributed by atoms with Gasteiger partial charge in [0.25, 0.3) is 0 Å². The van der Waals surface area contributed by atoms with Gasteiger partial charge in [-0.15, -0.1) is 0 Å². The van der Waals surface area contributed by atoms with E-state index >= 15 is 0 Å². The van der Waals surface area contributed by atoms with Gasteiger partial charge in [0.05, 0.1) is 0 Å². The molecule has 0 aromatic heterocycles. The summed E-state index contributed by atoms with van der Waals surface area (Å²) in [6.45, 7) is 4.21. The van der Waals surface area contributed by atoms with Gasteiger partial charge in [0, 0.05) is 6.04 Å². The van der Waals surface area contributed by atoms with Crippen LogP contribution in [0.2, 0.25) is 0 Å². The van der Waals surface area contributed by atoms with Crippen LogP contribution in [0.5, 0.6) is 0 Å². The Labute approximate surface area is 61.8 Å². The first-order valence-corrected chi connectivity index (χ1v) is 3.63. The van der Waals surface area contributed by atoms with Crippen molar-refractivity contribution in [3.63, 3.8) is 0 Å². The zero-order valence-electron chi connectivity index (χ0n) is 5.98. The van der Waals surface area contributed by atoms with Crippen LogP contribution in [0.4, 0.5) is 0 Å². The highest BCUT2D eigenvalue weighted by molar-refractivity contribution is 7.80. The highest BCUT2D eigenvalue weighted by Gasteiger charge is 1.97. The second-order valence-corrected chi connectivity index (χ2v) is 2.64. The lowest BCUT2D eigenvalue weighted by Gasteiger charge is -2.10. The zero-order valence-corrected chi connectivity index (χ0v) is 6.79. The lowest BCUT2D eigenvalue weighted by molar-refractivity contribution is 0.598. The predicted molar refractivity (Wildman–Crippen MR) is 44.3 cm³/mol. The van der Waals surface area contributed by atoms with Crippen molar-refractivity contribution < 1.29 is 0 Å². The molecule has 3 N–H and O–H groups in total. The fourth-order valence-corrected chi connectivity index (χ4v) is 0.949. The molecule has 1 atom stereocenters. The Hall–Kier alpha value is -0.310. The molecule has 0 amide bonds. The Kier molecular flexibility index (Phi) is 4.40. The SMILES string of the molecule is CCCC(C)NC(N)=S. The maximum absolute atomic E-state index is 5.24. The molecule has 0 aliphatic carbocycles. The van der Waals surface area contributed by atoms with Crippen LogP contribution in [0, 0.1) is 0 Å². The van der Waals surface area contributed by atoms with Gasteiger partial charge in [-0.05, 0) is 25.6 Å². The maximum atomic E-state index is 5.24. The van der Waals surface area contributed by atoms with Crippen molar-refractivity contribution in [2.45, 2.75) is 32.7 Å². The molecule has 0 radical (unpaired) electrons. The van der Waals surface area contributed by atoms with Crippen LogP contribution in [0.25, 0.3) is 0 Å². The molecule has 0 saturated heterocycles. The third-order valence-electron chi connectivity index (χ3n) is 1.11. The number of nitrogens with two attached hydrogens (primary N) is 1. The molecular formula is C6H14N2S. The average Bonchev–Trinajstić information content (AvgIpc) is 1.63. The first-order valence-electron chi connectivity index (χ1n) is 3.22. The lowest BCUT2D eigenvalue weighted by atomic mass is 10.2. The van der Waals surface area contributed by atoms with E-state index in [1.807, 2.05) is 0 Å². The second kappa shape index (κ2) is 4.56. The number of hydrogen-bond donors (Lipinski definition) is 2. The summed E-state index contributed by atoms with van der Waals surface area (Å²) in [5.74, 6) is 0. The molecule has 0 aromatic carbocycles. The minimum atomic E-state index is 0.399. The molecule has 0 fully saturated rings. The van der Waals surface area contributed by atoms with E-state index in [2.05, 4.69) is 31.4 Å². The van der Waals surface area contributed by atoms with E-state index < -0.39 is 0 Å². The number of nitrogens with one attached hydrogen (secondary N) is 1. The molecule has 0 spiro atoms. The smallest absolute Gasteiger partial charge is 0.163 e. The number of rotatable bonds is 3. The summed E-state index contributed by atoms with van der Waals surface area (Å²) in [7, 11) is 0. The Balaban J connectivity index is 3.26. The summed E-state index contributed by atoms with van der Waals surface area (Å²) in [5, 5.41) is 3.35. The Morgan fingerprint density at radius 2 is 2.33 bits per heavy atom. The summed E-state index contributed by atoms with van der Waals surface area (Å²) in [4.78, 5) is 0. The number of hydrogen-bond acceptors (Lipinski definition) is 1. The Bertz CT molecular complexity index is 93.1. The van der Waals surface area contributed by atoms with Gasteiger partial charge in [0.15, 0.2) is 5.11 Å². The summed E-state index contributed by atoms with van der Waals surface area (Å²) in [5.41, 5.74) is 5.24. The molecule has 3 heteroatoms. The normalized spacial score (nSPS) is 12.7. The van der Waals surface area contributed by atoms with E-state index in [9.17, 15) is 0 Å². The van der Waals surface area contributed by atoms with Crippen molar-refractivity contribution in [2.75, 3.05) is 0 Å². The quantitative estimate of drug-likeness (QED) is 0.584. The van der Waals surface area contributed by atoms with E-state index in [0.717, 1.165) is 12.8 Å².